The van der Waals surface area contributed by atoms with Gasteiger partial charge in [0.05, 0.1) is 18.5 Å². The van der Waals surface area contributed by atoms with Crippen molar-refractivity contribution in [2.45, 2.75) is 6.92 Å². The van der Waals surface area contributed by atoms with E-state index in [9.17, 15) is 9.59 Å². The van der Waals surface area contributed by atoms with Gasteiger partial charge in [0.25, 0.3) is 0 Å². The number of rotatable bonds is 4. The minimum Gasteiger partial charge on any atom is -0.495 e. The lowest BCUT2D eigenvalue weighted by atomic mass is 10.1. The summed E-state index contributed by atoms with van der Waals surface area (Å²) in [5, 5.41) is 6.76. The van der Waals surface area contributed by atoms with Crippen molar-refractivity contribution in [3.63, 3.8) is 0 Å². The molecule has 0 atom stereocenters. The molecule has 0 aliphatic heterocycles. The number of hydrogen-bond acceptors (Lipinski definition) is 4. The van der Waals surface area contributed by atoms with Gasteiger partial charge in [0, 0.05) is 5.02 Å². The molecule has 2 rings (SSSR count). The van der Waals surface area contributed by atoms with Crippen molar-refractivity contribution >= 4 is 34.8 Å². The monoisotopic (exact) mass is 345 g/mol. The first-order valence-corrected chi connectivity index (χ1v) is 7.43. The SMILES string of the molecule is COc1ccc(Cl)cc1NC(=O)C(=O)N/N=C(\C)c1ccccc1. The zero-order valence-corrected chi connectivity index (χ0v) is 13.9. The topological polar surface area (TPSA) is 79.8 Å². The van der Waals surface area contributed by atoms with Gasteiger partial charge in [-0.25, -0.2) is 5.43 Å². The largest absolute Gasteiger partial charge is 0.495 e. The van der Waals surface area contributed by atoms with Crippen molar-refractivity contribution < 1.29 is 14.3 Å². The number of carbonyl (C=O) groups excluding carboxylic acids is 2. The van der Waals surface area contributed by atoms with Crippen LogP contribution in [0.3, 0.4) is 0 Å². The Hall–Kier alpha value is -2.86. The summed E-state index contributed by atoms with van der Waals surface area (Å²) in [5.41, 5.74) is 3.94. The van der Waals surface area contributed by atoms with Crippen molar-refractivity contribution in [2.24, 2.45) is 5.10 Å². The summed E-state index contributed by atoms with van der Waals surface area (Å²) in [7, 11) is 1.45. The van der Waals surface area contributed by atoms with Gasteiger partial charge in [0.1, 0.15) is 5.75 Å². The predicted octanol–water partition coefficient (Wildman–Crippen LogP) is 2.83. The summed E-state index contributed by atoms with van der Waals surface area (Å²) >= 11 is 5.88. The normalized spacial score (nSPS) is 10.9. The van der Waals surface area contributed by atoms with Gasteiger partial charge in [-0.05, 0) is 30.7 Å². The van der Waals surface area contributed by atoms with Crippen LogP contribution in [-0.2, 0) is 9.59 Å². The first-order chi connectivity index (χ1) is 11.5. The molecule has 24 heavy (non-hydrogen) atoms. The second kappa shape index (κ2) is 8.12. The van der Waals surface area contributed by atoms with Gasteiger partial charge in [-0.15, -0.1) is 0 Å². The molecule has 2 aromatic rings. The number of amides is 2. The Bertz CT molecular complexity index is 776. The molecule has 0 heterocycles. The fourth-order valence-electron chi connectivity index (χ4n) is 1.89. The molecular formula is C17H16ClN3O3. The molecule has 0 saturated heterocycles. The highest BCUT2D eigenvalue weighted by Gasteiger charge is 2.16. The van der Waals surface area contributed by atoms with E-state index in [0.717, 1.165) is 5.56 Å². The van der Waals surface area contributed by atoms with E-state index in [0.29, 0.717) is 22.2 Å². The Balaban J connectivity index is 2.03. The smallest absolute Gasteiger partial charge is 0.329 e. The number of hydrogen-bond donors (Lipinski definition) is 2. The van der Waals surface area contributed by atoms with Crippen molar-refractivity contribution in [1.82, 2.24) is 5.43 Å². The van der Waals surface area contributed by atoms with Gasteiger partial charge in [0.15, 0.2) is 0 Å². The average molecular weight is 346 g/mol. The van der Waals surface area contributed by atoms with Gasteiger partial charge in [-0.1, -0.05) is 41.9 Å². The summed E-state index contributed by atoms with van der Waals surface area (Å²) in [6.45, 7) is 1.73. The highest BCUT2D eigenvalue weighted by molar-refractivity contribution is 6.40. The highest BCUT2D eigenvalue weighted by atomic mass is 35.5. The molecule has 0 fully saturated rings. The molecule has 124 valence electrons. The van der Waals surface area contributed by atoms with E-state index < -0.39 is 11.8 Å². The third-order valence-corrected chi connectivity index (χ3v) is 3.37. The molecule has 0 unspecified atom stereocenters. The molecule has 0 bridgehead atoms. The fourth-order valence-corrected chi connectivity index (χ4v) is 2.06. The van der Waals surface area contributed by atoms with Gasteiger partial charge in [0.2, 0.25) is 0 Å². The molecule has 7 heteroatoms. The number of benzene rings is 2. The first-order valence-electron chi connectivity index (χ1n) is 7.06. The Morgan fingerprint density at radius 3 is 2.46 bits per heavy atom. The number of methoxy groups -OCH3 is 1. The lowest BCUT2D eigenvalue weighted by Crippen LogP contribution is -2.33. The number of anilines is 1. The third kappa shape index (κ3) is 4.57. The fraction of sp³-hybridized carbons (Fsp3) is 0.118. The molecule has 6 nitrogen and oxygen atoms in total. The summed E-state index contributed by atoms with van der Waals surface area (Å²) in [6.07, 6.45) is 0. The van der Waals surface area contributed by atoms with E-state index >= 15 is 0 Å². The van der Waals surface area contributed by atoms with E-state index in [1.165, 1.54) is 13.2 Å². The maximum Gasteiger partial charge on any atom is 0.329 e. The van der Waals surface area contributed by atoms with Crippen LogP contribution in [0.25, 0.3) is 0 Å². The molecule has 0 saturated carbocycles. The van der Waals surface area contributed by atoms with Crippen molar-refractivity contribution in [3.05, 3.63) is 59.1 Å². The maximum absolute atomic E-state index is 11.9. The molecule has 2 amide bonds. The quantitative estimate of drug-likeness (QED) is 0.508. The van der Waals surface area contributed by atoms with Crippen LogP contribution < -0.4 is 15.5 Å². The number of hydrazone groups is 1. The zero-order valence-electron chi connectivity index (χ0n) is 13.2. The van der Waals surface area contributed by atoms with Gasteiger partial charge >= 0.3 is 11.8 Å². The van der Waals surface area contributed by atoms with Crippen LogP contribution >= 0.6 is 11.6 Å². The van der Waals surface area contributed by atoms with Crippen LogP contribution in [0.1, 0.15) is 12.5 Å². The molecule has 0 spiro atoms. The zero-order chi connectivity index (χ0) is 17.5. The number of carbonyl (C=O) groups is 2. The first kappa shape index (κ1) is 17.5. The summed E-state index contributed by atoms with van der Waals surface area (Å²) < 4.78 is 5.10. The minimum absolute atomic E-state index is 0.300. The standard InChI is InChI=1S/C17H16ClN3O3/c1-11(12-6-4-3-5-7-12)20-21-17(23)16(22)19-14-10-13(18)8-9-15(14)24-2/h3-10H,1-2H3,(H,19,22)(H,21,23)/b20-11+. The molecule has 0 aliphatic carbocycles. The molecule has 0 aliphatic rings. The summed E-state index contributed by atoms with van der Waals surface area (Å²) in [6, 6.07) is 14.0. The van der Waals surface area contributed by atoms with Crippen molar-refractivity contribution in [3.8, 4) is 5.75 Å². The lowest BCUT2D eigenvalue weighted by Gasteiger charge is -2.09. The van der Waals surface area contributed by atoms with E-state index in [2.05, 4.69) is 15.8 Å². The Morgan fingerprint density at radius 1 is 1.08 bits per heavy atom. The number of nitrogens with zero attached hydrogens (tertiary/aromatic N) is 1. The Labute approximate surface area is 144 Å². The number of nitrogens with one attached hydrogen (secondary N) is 2. The Morgan fingerprint density at radius 2 is 1.79 bits per heavy atom. The molecule has 2 aromatic carbocycles. The Kier molecular flexibility index (Phi) is 5.92. The van der Waals surface area contributed by atoms with Gasteiger partial charge < -0.3 is 10.1 Å². The van der Waals surface area contributed by atoms with Crippen LogP contribution in [-0.4, -0.2) is 24.6 Å². The molecule has 2 N–H and O–H groups in total. The molecule has 0 radical (unpaired) electrons. The van der Waals surface area contributed by atoms with E-state index in [-0.39, 0.29) is 0 Å². The number of halogens is 1. The van der Waals surface area contributed by atoms with Gasteiger partial charge in [-0.3, -0.25) is 9.59 Å². The maximum atomic E-state index is 11.9. The van der Waals surface area contributed by atoms with Crippen LogP contribution in [0.15, 0.2) is 53.6 Å². The average Bonchev–Trinajstić information content (AvgIpc) is 2.60. The van der Waals surface area contributed by atoms with Crippen molar-refractivity contribution in [1.29, 1.82) is 0 Å². The summed E-state index contributed by atoms with van der Waals surface area (Å²) in [4.78, 5) is 23.8. The van der Waals surface area contributed by atoms with E-state index in [4.69, 9.17) is 16.3 Å². The predicted molar refractivity (Wildman–Crippen MR) is 93.4 cm³/mol. The second-order valence-electron chi connectivity index (χ2n) is 4.80. The third-order valence-electron chi connectivity index (χ3n) is 3.13. The van der Waals surface area contributed by atoms with Gasteiger partial charge in [-0.2, -0.15) is 5.10 Å². The van der Waals surface area contributed by atoms with E-state index in [1.807, 2.05) is 30.3 Å². The summed E-state index contributed by atoms with van der Waals surface area (Å²) in [5.74, 6) is -1.38. The second-order valence-corrected chi connectivity index (χ2v) is 5.24. The van der Waals surface area contributed by atoms with E-state index in [1.54, 1.807) is 19.1 Å². The highest BCUT2D eigenvalue weighted by Crippen LogP contribution is 2.27. The van der Waals surface area contributed by atoms with Crippen LogP contribution in [0.4, 0.5) is 5.69 Å². The molecule has 0 aromatic heterocycles. The number of ether oxygens (including phenoxy) is 1. The van der Waals surface area contributed by atoms with Crippen LogP contribution in [0.2, 0.25) is 5.02 Å². The lowest BCUT2D eigenvalue weighted by molar-refractivity contribution is -0.136. The minimum atomic E-state index is -0.896. The van der Waals surface area contributed by atoms with Crippen molar-refractivity contribution in [2.75, 3.05) is 12.4 Å². The van der Waals surface area contributed by atoms with Crippen LogP contribution in [0.5, 0.6) is 5.75 Å². The van der Waals surface area contributed by atoms with Crippen LogP contribution in [0, 0.1) is 0 Å². The molecular weight excluding hydrogens is 330 g/mol.